The third-order valence-corrected chi connectivity index (χ3v) is 8.80. The third-order valence-electron chi connectivity index (χ3n) is 8.80. The summed E-state index contributed by atoms with van der Waals surface area (Å²) in [6.45, 7) is 8.77. The highest BCUT2D eigenvalue weighted by Gasteiger charge is 2.47. The van der Waals surface area contributed by atoms with Gasteiger partial charge in [-0.1, -0.05) is 39.8 Å². The normalized spacial score (nSPS) is 16.8. The molecule has 18 heteroatoms. The number of benzene rings is 1. The molecule has 53 heavy (non-hydrogen) atoms. The minimum Gasteiger partial charge on any atom is -0.508 e. The molecule has 0 aromatic heterocycles. The maximum atomic E-state index is 13.6. The number of amides is 5. The second-order valence-corrected chi connectivity index (χ2v) is 14.1. The fraction of sp³-hybridized carbons (Fsp3) is 0.600. The maximum Gasteiger partial charge on any atom is 0.305 e. The maximum absolute atomic E-state index is 13.6. The molecule has 2 rings (SSSR count). The van der Waals surface area contributed by atoms with Crippen LogP contribution in [0.5, 0.6) is 5.75 Å². The van der Waals surface area contributed by atoms with Crippen molar-refractivity contribution >= 4 is 47.2 Å². The van der Waals surface area contributed by atoms with Gasteiger partial charge in [0, 0.05) is 26.1 Å². The van der Waals surface area contributed by atoms with Crippen LogP contribution in [-0.4, -0.2) is 112 Å². The number of carboxylic acids is 1. The van der Waals surface area contributed by atoms with Gasteiger partial charge in [-0.25, -0.2) is 0 Å². The van der Waals surface area contributed by atoms with Crippen molar-refractivity contribution in [2.45, 2.75) is 103 Å². The lowest BCUT2D eigenvalue weighted by atomic mass is 9.88. The topological polar surface area (TPSA) is 302 Å². The summed E-state index contributed by atoms with van der Waals surface area (Å²) in [5.41, 5.74) is 15.6. The second-order valence-electron chi connectivity index (χ2n) is 14.1. The number of phenols is 1. The molecule has 1 heterocycles. The van der Waals surface area contributed by atoms with Crippen molar-refractivity contribution in [2.75, 3.05) is 19.6 Å². The summed E-state index contributed by atoms with van der Waals surface area (Å²) in [6, 6.07) is 0.946. The molecule has 0 bridgehead atoms. The number of hydrogen-bond donors (Lipinski definition) is 9. The molecule has 1 aliphatic heterocycles. The van der Waals surface area contributed by atoms with Gasteiger partial charge in [0.25, 0.3) is 5.91 Å². The first kappa shape index (κ1) is 43.9. The number of aromatic hydroxyl groups is 1. The van der Waals surface area contributed by atoms with E-state index in [0.29, 0.717) is 18.5 Å². The molecule has 0 aliphatic carbocycles. The van der Waals surface area contributed by atoms with Crippen LogP contribution in [0.2, 0.25) is 0 Å². The number of nitrogens with zero attached hydrogens (tertiary/aromatic N) is 2. The van der Waals surface area contributed by atoms with Crippen LogP contribution in [0.1, 0.15) is 72.3 Å². The smallest absolute Gasteiger partial charge is 0.305 e. The van der Waals surface area contributed by atoms with E-state index in [4.69, 9.17) is 17.2 Å². The van der Waals surface area contributed by atoms with E-state index in [-0.39, 0.29) is 56.4 Å². The Labute approximate surface area is 309 Å². The Bertz CT molecular complexity index is 1510. The first-order valence-corrected chi connectivity index (χ1v) is 17.6. The van der Waals surface area contributed by atoms with E-state index < -0.39 is 83.3 Å². The van der Waals surface area contributed by atoms with Crippen molar-refractivity contribution in [1.82, 2.24) is 26.2 Å². The summed E-state index contributed by atoms with van der Waals surface area (Å²) in [6.07, 6.45) is -0.193. The number of carboxylic acid groups (broad SMARTS) is 1. The number of likely N-dealkylation sites (tertiary alicyclic amines) is 1. The Morgan fingerprint density at radius 3 is 2.13 bits per heavy atom. The van der Waals surface area contributed by atoms with Crippen molar-refractivity contribution in [3.05, 3.63) is 29.8 Å². The fourth-order valence-corrected chi connectivity index (χ4v) is 5.75. The zero-order valence-electron chi connectivity index (χ0n) is 31.0. The molecule has 1 aromatic rings. The van der Waals surface area contributed by atoms with Crippen molar-refractivity contribution in [2.24, 2.45) is 34.0 Å². The highest BCUT2D eigenvalue weighted by atomic mass is 16.4. The van der Waals surface area contributed by atoms with Gasteiger partial charge in [0.05, 0.1) is 6.42 Å². The molecule has 5 amide bonds. The lowest BCUT2D eigenvalue weighted by Crippen LogP contribution is -2.63. The molecular weight excluding hydrogens is 690 g/mol. The van der Waals surface area contributed by atoms with Crippen LogP contribution in [0.15, 0.2) is 29.3 Å². The quantitative estimate of drug-likeness (QED) is 0.0323. The number of guanidine groups is 1. The van der Waals surface area contributed by atoms with Crippen LogP contribution in [-0.2, 0) is 40.0 Å². The minimum absolute atomic E-state index is 0.0240. The number of aliphatic imine (C=N–C) groups is 1. The Morgan fingerprint density at radius 1 is 0.943 bits per heavy atom. The SMILES string of the molecule is CC(=O)[C@](N)(CCCN=C(N)N)C(=O)N1CCC[C@H]1C(=O)N[C@@H](CC(=O)O)C(=O)N[C@H](C(=O)N[C@@H](Cc1ccc(O)cc1)C(=O)NCC(C)C)C(C)C. The van der Waals surface area contributed by atoms with Gasteiger partial charge in [-0.05, 0) is 62.1 Å². The zero-order chi connectivity index (χ0) is 40.0. The minimum atomic E-state index is -1.98. The molecule has 1 saturated heterocycles. The number of Topliss-reactive ketones (excluding diaryl/α,β-unsaturated/α-hetero) is 1. The van der Waals surface area contributed by atoms with E-state index in [9.17, 15) is 43.8 Å². The molecule has 0 saturated carbocycles. The Kier molecular flexibility index (Phi) is 16.7. The van der Waals surface area contributed by atoms with Gasteiger partial charge in [0.15, 0.2) is 17.3 Å². The number of rotatable bonds is 20. The molecule has 18 nitrogen and oxygen atoms in total. The highest BCUT2D eigenvalue weighted by Crippen LogP contribution is 2.24. The first-order valence-electron chi connectivity index (χ1n) is 17.6. The third kappa shape index (κ3) is 13.3. The number of hydrogen-bond acceptors (Lipinski definition) is 10. The monoisotopic (exact) mass is 745 g/mol. The molecule has 294 valence electrons. The summed E-state index contributed by atoms with van der Waals surface area (Å²) >= 11 is 0. The molecule has 0 radical (unpaired) electrons. The average molecular weight is 746 g/mol. The lowest BCUT2D eigenvalue weighted by molar-refractivity contribution is -0.148. The number of ketones is 1. The number of carbonyl (C=O) groups excluding carboxylic acids is 6. The van der Waals surface area contributed by atoms with Gasteiger partial charge < -0.3 is 53.6 Å². The average Bonchev–Trinajstić information content (AvgIpc) is 3.57. The van der Waals surface area contributed by atoms with Crippen LogP contribution in [0, 0.1) is 11.8 Å². The van der Waals surface area contributed by atoms with Crippen LogP contribution >= 0.6 is 0 Å². The van der Waals surface area contributed by atoms with Crippen LogP contribution in [0.25, 0.3) is 0 Å². The van der Waals surface area contributed by atoms with E-state index in [1.165, 1.54) is 12.1 Å². The van der Waals surface area contributed by atoms with E-state index in [1.807, 2.05) is 13.8 Å². The number of nitrogens with two attached hydrogens (primary N) is 3. The number of nitrogens with one attached hydrogen (secondary N) is 4. The first-order chi connectivity index (χ1) is 24.8. The number of carbonyl (C=O) groups is 7. The highest BCUT2D eigenvalue weighted by molar-refractivity contribution is 6.10. The summed E-state index contributed by atoms with van der Waals surface area (Å²) in [5.74, 6) is -6.47. The molecular formula is C35H55N9O9. The summed E-state index contributed by atoms with van der Waals surface area (Å²) < 4.78 is 0. The van der Waals surface area contributed by atoms with E-state index >= 15 is 0 Å². The van der Waals surface area contributed by atoms with Crippen molar-refractivity contribution in [3.8, 4) is 5.75 Å². The van der Waals surface area contributed by atoms with Crippen LogP contribution < -0.4 is 38.5 Å². The van der Waals surface area contributed by atoms with E-state index in [0.717, 1.165) is 11.8 Å². The predicted molar refractivity (Wildman–Crippen MR) is 195 cm³/mol. The second kappa shape index (κ2) is 20.1. The van der Waals surface area contributed by atoms with Gasteiger partial charge in [0.1, 0.15) is 29.9 Å². The molecule has 0 unspecified atom stereocenters. The molecule has 1 aromatic carbocycles. The van der Waals surface area contributed by atoms with Crippen LogP contribution in [0.3, 0.4) is 0 Å². The van der Waals surface area contributed by atoms with Gasteiger partial charge in [0.2, 0.25) is 23.6 Å². The Hall–Kier alpha value is -5.26. The van der Waals surface area contributed by atoms with Gasteiger partial charge in [-0.2, -0.15) is 0 Å². The number of aliphatic carboxylic acids is 1. The van der Waals surface area contributed by atoms with Gasteiger partial charge in [-0.15, -0.1) is 0 Å². The molecule has 1 fully saturated rings. The summed E-state index contributed by atoms with van der Waals surface area (Å²) in [7, 11) is 0. The van der Waals surface area contributed by atoms with Crippen molar-refractivity contribution < 1.29 is 43.8 Å². The van der Waals surface area contributed by atoms with E-state index in [2.05, 4.69) is 26.3 Å². The van der Waals surface area contributed by atoms with Crippen molar-refractivity contribution in [3.63, 3.8) is 0 Å². The van der Waals surface area contributed by atoms with Crippen LogP contribution in [0.4, 0.5) is 0 Å². The predicted octanol–water partition coefficient (Wildman–Crippen LogP) is -1.38. The summed E-state index contributed by atoms with van der Waals surface area (Å²) in [5, 5.41) is 29.7. The van der Waals surface area contributed by atoms with Crippen molar-refractivity contribution in [1.29, 1.82) is 0 Å². The molecule has 5 atom stereocenters. The van der Waals surface area contributed by atoms with E-state index in [1.54, 1.807) is 26.0 Å². The summed E-state index contributed by atoms with van der Waals surface area (Å²) in [4.78, 5) is 97.0. The molecule has 12 N–H and O–H groups in total. The molecule has 0 spiro atoms. The van der Waals surface area contributed by atoms with Gasteiger partial charge >= 0.3 is 5.97 Å². The number of phenolic OH excluding ortho intramolecular Hbond substituents is 1. The van der Waals surface area contributed by atoms with Gasteiger partial charge in [-0.3, -0.25) is 38.6 Å². The zero-order valence-corrected chi connectivity index (χ0v) is 31.0. The molecule has 1 aliphatic rings. The Morgan fingerprint density at radius 2 is 1.58 bits per heavy atom. The fourth-order valence-electron chi connectivity index (χ4n) is 5.75. The standard InChI is InChI=1S/C35H55N9O9/c1-19(2)18-40-29(49)24(16-22-9-11-23(46)12-10-22)42-32(52)28(20(3)4)43-30(50)25(17-27(47)48)41-31(51)26-8-6-15-44(26)33(53)35(38,21(5)45)13-7-14-39-34(36)37/h9-12,19-20,24-26,28,46H,6-8,13-18,38H2,1-5H3,(H,40,49)(H,41,51)(H,42,52)(H,43,50)(H,47,48)(H4,36,37,39)/t24-,25-,26-,28-,35+/m0/s1. The largest absolute Gasteiger partial charge is 0.508 e. The Balaban J connectivity index is 2.25. The lowest BCUT2D eigenvalue weighted by Gasteiger charge is -2.34.